The van der Waals surface area contributed by atoms with Crippen LogP contribution in [0.25, 0.3) is 0 Å². The van der Waals surface area contributed by atoms with Crippen LogP contribution in [0, 0.1) is 11.8 Å². The number of fused-ring (bicyclic) bond motifs is 3. The zero-order valence-corrected chi connectivity index (χ0v) is 17.0. The summed E-state index contributed by atoms with van der Waals surface area (Å²) in [4.78, 5) is 0. The van der Waals surface area contributed by atoms with Crippen LogP contribution in [0.4, 0.5) is 5.69 Å². The first-order valence-corrected chi connectivity index (χ1v) is 11.1. The SMILES string of the molecule is Clc1ccc(Oc2ccc3c(c2)[C@H]2OCCC[C@H]2[C@@H](C2CCCCC2)N3)cc1. The lowest BCUT2D eigenvalue weighted by Gasteiger charge is -2.47. The minimum absolute atomic E-state index is 0.186. The summed E-state index contributed by atoms with van der Waals surface area (Å²) in [5, 5.41) is 4.63. The molecule has 0 bridgehead atoms. The first-order valence-electron chi connectivity index (χ1n) is 10.7. The van der Waals surface area contributed by atoms with E-state index in [1.807, 2.05) is 24.3 Å². The smallest absolute Gasteiger partial charge is 0.127 e. The lowest BCUT2D eigenvalue weighted by molar-refractivity contribution is -0.0458. The van der Waals surface area contributed by atoms with E-state index in [0.29, 0.717) is 17.0 Å². The van der Waals surface area contributed by atoms with Gasteiger partial charge < -0.3 is 14.8 Å². The maximum Gasteiger partial charge on any atom is 0.127 e. The van der Waals surface area contributed by atoms with Crippen LogP contribution >= 0.6 is 11.6 Å². The van der Waals surface area contributed by atoms with E-state index < -0.39 is 0 Å². The molecule has 1 aliphatic carbocycles. The summed E-state index contributed by atoms with van der Waals surface area (Å²) in [5.41, 5.74) is 2.48. The summed E-state index contributed by atoms with van der Waals surface area (Å²) in [6, 6.07) is 14.4. The lowest BCUT2D eigenvalue weighted by atomic mass is 9.71. The van der Waals surface area contributed by atoms with Gasteiger partial charge in [0, 0.05) is 34.8 Å². The highest BCUT2D eigenvalue weighted by atomic mass is 35.5. The second-order valence-corrected chi connectivity index (χ2v) is 8.91. The Morgan fingerprint density at radius 3 is 2.50 bits per heavy atom. The van der Waals surface area contributed by atoms with Crippen LogP contribution in [-0.4, -0.2) is 12.6 Å². The van der Waals surface area contributed by atoms with Crippen LogP contribution in [-0.2, 0) is 4.74 Å². The monoisotopic (exact) mass is 397 g/mol. The number of anilines is 1. The summed E-state index contributed by atoms with van der Waals surface area (Å²) in [6.07, 6.45) is 9.47. The Morgan fingerprint density at radius 1 is 0.893 bits per heavy atom. The Labute approximate surface area is 172 Å². The van der Waals surface area contributed by atoms with Crippen molar-refractivity contribution >= 4 is 17.3 Å². The third-order valence-corrected chi connectivity index (χ3v) is 6.94. The number of benzene rings is 2. The van der Waals surface area contributed by atoms with Crippen LogP contribution in [0.2, 0.25) is 5.02 Å². The van der Waals surface area contributed by atoms with Crippen LogP contribution in [0.15, 0.2) is 42.5 Å². The van der Waals surface area contributed by atoms with E-state index in [4.69, 9.17) is 21.1 Å². The van der Waals surface area contributed by atoms with Gasteiger partial charge in [-0.15, -0.1) is 0 Å². The first-order chi connectivity index (χ1) is 13.8. The molecule has 2 aromatic carbocycles. The van der Waals surface area contributed by atoms with Crippen LogP contribution in [0.1, 0.15) is 56.6 Å². The molecule has 2 fully saturated rings. The molecule has 0 unspecified atom stereocenters. The van der Waals surface area contributed by atoms with E-state index in [9.17, 15) is 0 Å². The first kappa shape index (κ1) is 18.3. The summed E-state index contributed by atoms with van der Waals surface area (Å²) in [7, 11) is 0. The normalized spacial score (nSPS) is 27.4. The number of nitrogens with one attached hydrogen (secondary N) is 1. The largest absolute Gasteiger partial charge is 0.457 e. The number of hydrogen-bond acceptors (Lipinski definition) is 3. The van der Waals surface area contributed by atoms with E-state index in [-0.39, 0.29) is 6.10 Å². The van der Waals surface area contributed by atoms with Gasteiger partial charge in [-0.05, 0) is 74.1 Å². The summed E-state index contributed by atoms with van der Waals surface area (Å²) in [6.45, 7) is 0.861. The molecular weight excluding hydrogens is 370 g/mol. The van der Waals surface area contributed by atoms with Gasteiger partial charge in [-0.25, -0.2) is 0 Å². The molecule has 5 rings (SSSR count). The minimum Gasteiger partial charge on any atom is -0.457 e. The second-order valence-electron chi connectivity index (χ2n) is 8.47. The highest BCUT2D eigenvalue weighted by Crippen LogP contribution is 2.48. The number of hydrogen-bond donors (Lipinski definition) is 1. The maximum atomic E-state index is 6.34. The Kier molecular flexibility index (Phi) is 5.21. The molecule has 0 amide bonds. The average molecular weight is 398 g/mol. The summed E-state index contributed by atoms with van der Waals surface area (Å²) >= 11 is 5.98. The van der Waals surface area contributed by atoms with Gasteiger partial charge in [0.1, 0.15) is 11.5 Å². The Morgan fingerprint density at radius 2 is 1.68 bits per heavy atom. The standard InChI is InChI=1S/C24H28ClNO2/c25-17-8-10-18(11-9-17)28-19-12-13-22-21(15-19)24-20(7-4-14-27-24)23(26-22)16-5-2-1-3-6-16/h8-13,15-16,20,23-24,26H,1-7,14H2/t20-,23+,24-/m0/s1. The molecule has 3 atom stereocenters. The van der Waals surface area contributed by atoms with Crippen molar-refractivity contribution in [2.75, 3.05) is 11.9 Å². The van der Waals surface area contributed by atoms with Crippen molar-refractivity contribution in [3.8, 4) is 11.5 Å². The molecule has 2 heterocycles. The zero-order chi connectivity index (χ0) is 18.9. The summed E-state index contributed by atoms with van der Waals surface area (Å²) < 4.78 is 12.4. The molecule has 3 nitrogen and oxygen atoms in total. The third kappa shape index (κ3) is 3.62. The fourth-order valence-electron chi connectivity index (χ4n) is 5.35. The van der Waals surface area contributed by atoms with E-state index in [2.05, 4.69) is 23.5 Å². The van der Waals surface area contributed by atoms with E-state index in [1.54, 1.807) is 0 Å². The van der Waals surface area contributed by atoms with E-state index in [1.165, 1.54) is 56.2 Å². The predicted octanol–water partition coefficient (Wildman–Crippen LogP) is 6.97. The molecule has 0 aromatic heterocycles. The molecule has 1 saturated carbocycles. The second kappa shape index (κ2) is 7.96. The Bertz CT molecular complexity index is 816. The quantitative estimate of drug-likeness (QED) is 0.606. The molecule has 2 aromatic rings. The molecule has 4 heteroatoms. The van der Waals surface area contributed by atoms with Gasteiger partial charge in [-0.2, -0.15) is 0 Å². The Balaban J connectivity index is 1.42. The van der Waals surface area contributed by atoms with Gasteiger partial charge in [0.05, 0.1) is 6.10 Å². The molecular formula is C24H28ClNO2. The van der Waals surface area contributed by atoms with Gasteiger partial charge in [0.25, 0.3) is 0 Å². The molecule has 0 radical (unpaired) electrons. The van der Waals surface area contributed by atoms with Crippen LogP contribution < -0.4 is 10.1 Å². The molecule has 0 spiro atoms. The Hall–Kier alpha value is -1.71. The molecule has 3 aliphatic rings. The van der Waals surface area contributed by atoms with Crippen molar-refractivity contribution in [3.63, 3.8) is 0 Å². The average Bonchev–Trinajstić information content (AvgIpc) is 2.75. The van der Waals surface area contributed by atoms with Gasteiger partial charge in [-0.1, -0.05) is 30.9 Å². The fraction of sp³-hybridized carbons (Fsp3) is 0.500. The molecule has 2 aliphatic heterocycles. The highest BCUT2D eigenvalue weighted by molar-refractivity contribution is 6.30. The van der Waals surface area contributed by atoms with Gasteiger partial charge >= 0.3 is 0 Å². The van der Waals surface area contributed by atoms with E-state index in [0.717, 1.165) is 24.0 Å². The van der Waals surface area contributed by atoms with Crippen molar-refractivity contribution in [1.82, 2.24) is 0 Å². The van der Waals surface area contributed by atoms with Gasteiger partial charge in [0.15, 0.2) is 0 Å². The van der Waals surface area contributed by atoms with Crippen molar-refractivity contribution in [2.24, 2.45) is 11.8 Å². The summed E-state index contributed by atoms with van der Waals surface area (Å²) in [5.74, 6) is 3.00. The van der Waals surface area contributed by atoms with Crippen molar-refractivity contribution in [3.05, 3.63) is 53.1 Å². The lowest BCUT2D eigenvalue weighted by Crippen LogP contribution is -2.46. The van der Waals surface area contributed by atoms with Crippen molar-refractivity contribution in [2.45, 2.75) is 57.1 Å². The maximum absolute atomic E-state index is 6.34. The molecule has 1 N–H and O–H groups in total. The number of ether oxygens (including phenoxy) is 2. The van der Waals surface area contributed by atoms with Crippen LogP contribution in [0.3, 0.4) is 0 Å². The molecule has 28 heavy (non-hydrogen) atoms. The topological polar surface area (TPSA) is 30.5 Å². The molecule has 1 saturated heterocycles. The molecule has 148 valence electrons. The van der Waals surface area contributed by atoms with Gasteiger partial charge in [-0.3, -0.25) is 0 Å². The van der Waals surface area contributed by atoms with Crippen molar-refractivity contribution < 1.29 is 9.47 Å². The zero-order valence-electron chi connectivity index (χ0n) is 16.2. The number of halogens is 1. The van der Waals surface area contributed by atoms with Crippen LogP contribution in [0.5, 0.6) is 11.5 Å². The van der Waals surface area contributed by atoms with Gasteiger partial charge in [0.2, 0.25) is 0 Å². The minimum atomic E-state index is 0.186. The number of rotatable bonds is 3. The van der Waals surface area contributed by atoms with E-state index >= 15 is 0 Å². The highest BCUT2D eigenvalue weighted by Gasteiger charge is 2.42. The third-order valence-electron chi connectivity index (χ3n) is 6.69. The fourth-order valence-corrected chi connectivity index (χ4v) is 5.48. The van der Waals surface area contributed by atoms with Crippen molar-refractivity contribution in [1.29, 1.82) is 0 Å². The predicted molar refractivity (Wildman–Crippen MR) is 113 cm³/mol.